The van der Waals surface area contributed by atoms with Crippen molar-refractivity contribution >= 4 is 41.9 Å². The molecule has 0 bridgehead atoms. The van der Waals surface area contributed by atoms with E-state index in [9.17, 15) is 4.79 Å². The van der Waals surface area contributed by atoms with Crippen LogP contribution in [0.15, 0.2) is 67.3 Å². The molecule has 0 aliphatic rings. The Labute approximate surface area is 192 Å². The average molecular weight is 459 g/mol. The van der Waals surface area contributed by atoms with Gasteiger partial charge in [0.25, 0.3) is 5.91 Å². The number of pyridine rings is 2. The van der Waals surface area contributed by atoms with Crippen LogP contribution in [0.1, 0.15) is 27.2 Å². The Bertz CT molecular complexity index is 1130. The third-order valence-electron chi connectivity index (χ3n) is 4.75. The first kappa shape index (κ1) is 24.3. The number of aryl methyl sites for hydroxylation is 2. The zero-order chi connectivity index (χ0) is 20.1. The number of amides is 1. The molecule has 0 atom stereocenters. The first-order valence-corrected chi connectivity index (χ1v) is 9.50. The first-order valence-electron chi connectivity index (χ1n) is 9.50. The van der Waals surface area contributed by atoms with Crippen molar-refractivity contribution in [3.05, 3.63) is 89.6 Å². The lowest BCUT2D eigenvalue weighted by Crippen LogP contribution is -2.23. The summed E-state index contributed by atoms with van der Waals surface area (Å²) in [5.74, 6) is -0.210. The highest BCUT2D eigenvalue weighted by molar-refractivity contribution is 5.96. The van der Waals surface area contributed by atoms with Crippen LogP contribution < -0.4 is 11.1 Å². The summed E-state index contributed by atoms with van der Waals surface area (Å²) in [5.41, 5.74) is 10.6. The fourth-order valence-corrected chi connectivity index (χ4v) is 3.16. The summed E-state index contributed by atoms with van der Waals surface area (Å²) in [5, 5.41) is 2.87. The third kappa shape index (κ3) is 6.01. The predicted molar refractivity (Wildman–Crippen MR) is 125 cm³/mol. The monoisotopic (exact) mass is 458 g/mol. The molecule has 0 saturated heterocycles. The number of hydrogen-bond donors (Lipinski definition) is 2. The Kier molecular flexibility index (Phi) is 8.93. The second-order valence-electron chi connectivity index (χ2n) is 6.78. The Morgan fingerprint density at radius 2 is 1.81 bits per heavy atom. The van der Waals surface area contributed by atoms with E-state index >= 15 is 0 Å². The standard InChI is InChI=1S/C22H22N6O.2ClH/c23-12-17-6-8-24-19(10-17)14-26-22(29)18-11-20-21(25-13-18)28(15-27-20)9-7-16-4-2-1-3-5-16;;/h1-6,8,10-11,13,15H,7,9,12,14,23H2,(H,26,29);2*1H. The molecule has 0 aliphatic carbocycles. The molecule has 7 nitrogen and oxygen atoms in total. The van der Waals surface area contributed by atoms with E-state index in [-0.39, 0.29) is 30.7 Å². The summed E-state index contributed by atoms with van der Waals surface area (Å²) in [7, 11) is 0. The van der Waals surface area contributed by atoms with Crippen molar-refractivity contribution in [2.24, 2.45) is 5.73 Å². The molecule has 0 aliphatic heterocycles. The minimum atomic E-state index is -0.210. The summed E-state index contributed by atoms with van der Waals surface area (Å²) < 4.78 is 2.01. The molecular formula is C22H24Cl2N6O. The average Bonchev–Trinajstić information content (AvgIpc) is 3.19. The van der Waals surface area contributed by atoms with Crippen LogP contribution in [0.3, 0.4) is 0 Å². The summed E-state index contributed by atoms with van der Waals surface area (Å²) >= 11 is 0. The molecule has 31 heavy (non-hydrogen) atoms. The van der Waals surface area contributed by atoms with Crippen LogP contribution in [-0.4, -0.2) is 25.4 Å². The molecule has 4 aromatic rings. The van der Waals surface area contributed by atoms with Gasteiger partial charge in [0.2, 0.25) is 0 Å². The molecular weight excluding hydrogens is 435 g/mol. The highest BCUT2D eigenvalue weighted by atomic mass is 35.5. The lowest BCUT2D eigenvalue weighted by Gasteiger charge is -2.07. The molecule has 0 radical (unpaired) electrons. The largest absolute Gasteiger partial charge is 0.346 e. The molecule has 1 aromatic carbocycles. The van der Waals surface area contributed by atoms with Crippen molar-refractivity contribution in [3.8, 4) is 0 Å². The number of rotatable bonds is 7. The van der Waals surface area contributed by atoms with E-state index < -0.39 is 0 Å². The summed E-state index contributed by atoms with van der Waals surface area (Å²) in [6.07, 6.45) is 5.94. The fraction of sp³-hybridized carbons (Fsp3) is 0.182. The summed E-state index contributed by atoms with van der Waals surface area (Å²) in [6, 6.07) is 15.8. The van der Waals surface area contributed by atoms with E-state index in [4.69, 9.17) is 5.73 Å². The van der Waals surface area contributed by atoms with E-state index in [1.165, 1.54) is 5.56 Å². The van der Waals surface area contributed by atoms with Crippen LogP contribution in [0, 0.1) is 0 Å². The van der Waals surface area contributed by atoms with E-state index in [1.807, 2.05) is 34.9 Å². The molecule has 3 aromatic heterocycles. The van der Waals surface area contributed by atoms with Gasteiger partial charge in [0.1, 0.15) is 5.52 Å². The van der Waals surface area contributed by atoms with Gasteiger partial charge in [-0.1, -0.05) is 30.3 Å². The van der Waals surface area contributed by atoms with Crippen molar-refractivity contribution in [1.82, 2.24) is 24.8 Å². The van der Waals surface area contributed by atoms with Gasteiger partial charge in [0, 0.05) is 25.5 Å². The van der Waals surface area contributed by atoms with Crippen molar-refractivity contribution in [1.29, 1.82) is 0 Å². The smallest absolute Gasteiger partial charge is 0.253 e. The number of aromatic nitrogens is 4. The van der Waals surface area contributed by atoms with E-state index in [0.717, 1.165) is 29.9 Å². The number of imidazole rings is 1. The van der Waals surface area contributed by atoms with Gasteiger partial charge in [-0.25, -0.2) is 9.97 Å². The lowest BCUT2D eigenvalue weighted by atomic mass is 10.1. The molecule has 0 unspecified atom stereocenters. The summed E-state index contributed by atoms with van der Waals surface area (Å²) in [6.45, 7) is 1.55. The number of carbonyl (C=O) groups excluding carboxylic acids is 1. The van der Waals surface area contributed by atoms with Gasteiger partial charge < -0.3 is 15.6 Å². The van der Waals surface area contributed by atoms with Crippen LogP contribution in [0.4, 0.5) is 0 Å². The molecule has 1 amide bonds. The molecule has 0 spiro atoms. The zero-order valence-corrected chi connectivity index (χ0v) is 18.4. The molecule has 3 N–H and O–H groups in total. The molecule has 0 fully saturated rings. The van der Waals surface area contributed by atoms with Crippen molar-refractivity contribution < 1.29 is 4.79 Å². The molecule has 3 heterocycles. The third-order valence-corrected chi connectivity index (χ3v) is 4.75. The maximum absolute atomic E-state index is 12.5. The van der Waals surface area contributed by atoms with Crippen molar-refractivity contribution in [2.75, 3.05) is 0 Å². The topological polar surface area (TPSA) is 98.7 Å². The van der Waals surface area contributed by atoms with E-state index in [0.29, 0.717) is 24.2 Å². The maximum atomic E-state index is 12.5. The first-order chi connectivity index (χ1) is 14.2. The van der Waals surface area contributed by atoms with Gasteiger partial charge >= 0.3 is 0 Å². The van der Waals surface area contributed by atoms with Crippen LogP contribution in [0.2, 0.25) is 0 Å². The minimum absolute atomic E-state index is 0. The number of nitrogens with two attached hydrogens (primary N) is 1. The number of fused-ring (bicyclic) bond motifs is 1. The Balaban J connectivity index is 0.00000171. The molecule has 162 valence electrons. The van der Waals surface area contributed by atoms with Crippen LogP contribution in [0.25, 0.3) is 11.2 Å². The van der Waals surface area contributed by atoms with Gasteiger partial charge in [0.05, 0.1) is 24.1 Å². The second kappa shape index (κ2) is 11.4. The number of carbonyl (C=O) groups is 1. The normalized spacial score (nSPS) is 10.2. The molecule has 0 saturated carbocycles. The number of nitrogens with one attached hydrogen (secondary N) is 1. The Morgan fingerprint density at radius 3 is 2.58 bits per heavy atom. The van der Waals surface area contributed by atoms with Crippen LogP contribution >= 0.6 is 24.8 Å². The summed E-state index contributed by atoms with van der Waals surface area (Å²) in [4.78, 5) is 25.6. The highest BCUT2D eigenvalue weighted by Crippen LogP contribution is 2.13. The molecule has 9 heteroatoms. The molecule has 4 rings (SSSR count). The zero-order valence-electron chi connectivity index (χ0n) is 16.8. The van der Waals surface area contributed by atoms with Crippen molar-refractivity contribution in [3.63, 3.8) is 0 Å². The van der Waals surface area contributed by atoms with Gasteiger partial charge in [-0.05, 0) is 35.7 Å². The predicted octanol–water partition coefficient (Wildman–Crippen LogP) is 3.30. The lowest BCUT2D eigenvalue weighted by molar-refractivity contribution is 0.0950. The van der Waals surface area contributed by atoms with Crippen molar-refractivity contribution in [2.45, 2.75) is 26.1 Å². The Morgan fingerprint density at radius 1 is 1.00 bits per heavy atom. The quantitative estimate of drug-likeness (QED) is 0.442. The van der Waals surface area contributed by atoms with Gasteiger partial charge in [0.15, 0.2) is 5.65 Å². The number of nitrogens with zero attached hydrogens (tertiary/aromatic N) is 4. The van der Waals surface area contributed by atoms with E-state index in [1.54, 1.807) is 24.8 Å². The highest BCUT2D eigenvalue weighted by Gasteiger charge is 2.11. The fourth-order valence-electron chi connectivity index (χ4n) is 3.16. The van der Waals surface area contributed by atoms with Gasteiger partial charge in [-0.15, -0.1) is 24.8 Å². The van der Waals surface area contributed by atoms with Crippen LogP contribution in [0.5, 0.6) is 0 Å². The number of benzene rings is 1. The minimum Gasteiger partial charge on any atom is -0.346 e. The maximum Gasteiger partial charge on any atom is 0.253 e. The number of halogens is 2. The Hall–Kier alpha value is -3.00. The van der Waals surface area contributed by atoms with Gasteiger partial charge in [-0.2, -0.15) is 0 Å². The second-order valence-corrected chi connectivity index (χ2v) is 6.78. The SMILES string of the molecule is Cl.Cl.NCc1ccnc(CNC(=O)c2cnc3c(c2)ncn3CCc2ccccc2)c1. The van der Waals surface area contributed by atoms with Crippen LogP contribution in [-0.2, 0) is 26.1 Å². The van der Waals surface area contributed by atoms with Gasteiger partial charge in [-0.3, -0.25) is 9.78 Å². The number of hydrogen-bond acceptors (Lipinski definition) is 5. The van der Waals surface area contributed by atoms with E-state index in [2.05, 4.69) is 32.4 Å².